The van der Waals surface area contributed by atoms with Crippen molar-refractivity contribution in [2.45, 2.75) is 25.2 Å². The Morgan fingerprint density at radius 3 is 2.52 bits per heavy atom. The third-order valence-electron chi connectivity index (χ3n) is 3.10. The van der Waals surface area contributed by atoms with Crippen LogP contribution in [0, 0.1) is 0 Å². The number of nitrogens with one attached hydrogen (secondary N) is 1. The Bertz CT molecular complexity index is 532. The number of sulfonamides is 1. The molecule has 0 amide bonds. The van der Waals surface area contributed by atoms with E-state index >= 15 is 0 Å². The molecule has 0 aromatic carbocycles. The van der Waals surface area contributed by atoms with Crippen LogP contribution in [0.5, 0.6) is 0 Å². The molecule has 0 aliphatic heterocycles. The van der Waals surface area contributed by atoms with E-state index in [0.29, 0.717) is 25.5 Å². The van der Waals surface area contributed by atoms with Crippen LogP contribution in [0.3, 0.4) is 0 Å². The van der Waals surface area contributed by atoms with Crippen molar-refractivity contribution >= 4 is 15.8 Å². The fraction of sp³-hybridized carbons (Fsp3) is 0.643. The molecule has 0 saturated heterocycles. The van der Waals surface area contributed by atoms with Gasteiger partial charge in [0.05, 0.1) is 0 Å². The monoisotopic (exact) mass is 314 g/mol. The first-order chi connectivity index (χ1) is 9.93. The highest BCUT2D eigenvalue weighted by molar-refractivity contribution is 7.89. The van der Waals surface area contributed by atoms with Crippen molar-refractivity contribution in [1.29, 1.82) is 0 Å². The second-order valence-corrected chi connectivity index (χ2v) is 6.94. The van der Waals surface area contributed by atoms with Crippen LogP contribution in [-0.4, -0.2) is 62.9 Å². The first kappa shape index (κ1) is 17.9. The minimum absolute atomic E-state index is 0.249. The minimum Gasteiger partial charge on any atom is -0.369 e. The summed E-state index contributed by atoms with van der Waals surface area (Å²) in [5.41, 5.74) is 0. The summed E-state index contributed by atoms with van der Waals surface area (Å²) < 4.78 is 27.0. The Hall–Kier alpha value is -1.18. The number of aromatic nitrogens is 1. The first-order valence-electron chi connectivity index (χ1n) is 7.27. The van der Waals surface area contributed by atoms with Gasteiger partial charge in [0, 0.05) is 25.8 Å². The third kappa shape index (κ3) is 4.94. The Morgan fingerprint density at radius 1 is 1.24 bits per heavy atom. The second-order valence-electron chi connectivity index (χ2n) is 5.03. The summed E-state index contributed by atoms with van der Waals surface area (Å²) in [6, 6.07) is 3.26. The van der Waals surface area contributed by atoms with Crippen LogP contribution >= 0.6 is 0 Å². The van der Waals surface area contributed by atoms with Gasteiger partial charge < -0.3 is 10.2 Å². The highest BCUT2D eigenvalue weighted by Gasteiger charge is 2.26. The Labute approximate surface area is 128 Å². The molecule has 0 aliphatic carbocycles. The quantitative estimate of drug-likeness (QED) is 0.748. The summed E-state index contributed by atoms with van der Waals surface area (Å²) >= 11 is 0. The van der Waals surface area contributed by atoms with E-state index in [9.17, 15) is 8.42 Å². The van der Waals surface area contributed by atoms with E-state index in [1.807, 2.05) is 27.9 Å². The van der Waals surface area contributed by atoms with Gasteiger partial charge >= 0.3 is 0 Å². The Morgan fingerprint density at radius 2 is 1.95 bits per heavy atom. The summed E-state index contributed by atoms with van der Waals surface area (Å²) in [4.78, 5) is 6.43. The molecule has 1 N–H and O–H groups in total. The highest BCUT2D eigenvalue weighted by Crippen LogP contribution is 2.22. The zero-order valence-corrected chi connectivity index (χ0v) is 14.2. The van der Waals surface area contributed by atoms with Crippen LogP contribution in [0.1, 0.15) is 20.3 Å². The first-order valence-corrected chi connectivity index (χ1v) is 8.71. The zero-order chi connectivity index (χ0) is 15.9. The van der Waals surface area contributed by atoms with Crippen molar-refractivity contribution in [2.75, 3.05) is 45.6 Å². The second kappa shape index (κ2) is 8.31. The maximum Gasteiger partial charge on any atom is 0.246 e. The van der Waals surface area contributed by atoms with Crippen LogP contribution in [0.2, 0.25) is 0 Å². The SMILES string of the molecule is CCNc1ncccc1S(=O)(=O)N(CC)CCCN(C)C. The van der Waals surface area contributed by atoms with Crippen LogP contribution in [0.15, 0.2) is 23.2 Å². The number of pyridine rings is 1. The van der Waals surface area contributed by atoms with E-state index in [0.717, 1.165) is 13.0 Å². The molecule has 1 aromatic heterocycles. The van der Waals surface area contributed by atoms with Crippen LogP contribution in [0.4, 0.5) is 5.82 Å². The summed E-state index contributed by atoms with van der Waals surface area (Å²) in [5.74, 6) is 0.422. The summed E-state index contributed by atoms with van der Waals surface area (Å²) in [7, 11) is 0.451. The molecule has 120 valence electrons. The average Bonchev–Trinajstić information content (AvgIpc) is 2.44. The van der Waals surface area contributed by atoms with Crippen molar-refractivity contribution in [2.24, 2.45) is 0 Å². The van der Waals surface area contributed by atoms with Gasteiger partial charge in [-0.25, -0.2) is 13.4 Å². The van der Waals surface area contributed by atoms with Crippen molar-refractivity contribution in [3.63, 3.8) is 0 Å². The normalized spacial score (nSPS) is 12.1. The van der Waals surface area contributed by atoms with Gasteiger partial charge in [0.1, 0.15) is 10.7 Å². The number of anilines is 1. The maximum atomic E-state index is 12.8. The number of rotatable bonds is 9. The largest absolute Gasteiger partial charge is 0.369 e. The van der Waals surface area contributed by atoms with Crippen LogP contribution in [-0.2, 0) is 10.0 Å². The van der Waals surface area contributed by atoms with Gasteiger partial charge in [0.15, 0.2) is 0 Å². The standard InChI is InChI=1S/C14H26N4O2S/c1-5-15-14-13(9-7-10-16-14)21(19,20)18(6-2)12-8-11-17(3)4/h7,9-10H,5-6,8,11-12H2,1-4H3,(H,15,16). The van der Waals surface area contributed by atoms with E-state index in [2.05, 4.69) is 15.2 Å². The van der Waals surface area contributed by atoms with Crippen molar-refractivity contribution in [1.82, 2.24) is 14.2 Å². The lowest BCUT2D eigenvalue weighted by Crippen LogP contribution is -2.33. The van der Waals surface area contributed by atoms with Gasteiger partial charge in [-0.05, 0) is 46.1 Å². The molecule has 0 saturated carbocycles. The van der Waals surface area contributed by atoms with Crippen molar-refractivity contribution in [3.05, 3.63) is 18.3 Å². The smallest absolute Gasteiger partial charge is 0.246 e. The molecule has 7 heteroatoms. The molecule has 1 heterocycles. The van der Waals surface area contributed by atoms with Crippen LogP contribution in [0.25, 0.3) is 0 Å². The fourth-order valence-electron chi connectivity index (χ4n) is 2.05. The average molecular weight is 314 g/mol. The predicted octanol–water partition coefficient (Wildman–Crippen LogP) is 1.48. The molecule has 1 rings (SSSR count). The van der Waals surface area contributed by atoms with Crippen molar-refractivity contribution in [3.8, 4) is 0 Å². The highest BCUT2D eigenvalue weighted by atomic mass is 32.2. The molecular weight excluding hydrogens is 288 g/mol. The van der Waals surface area contributed by atoms with Gasteiger partial charge in [-0.2, -0.15) is 4.31 Å². The van der Waals surface area contributed by atoms with Gasteiger partial charge in [0.25, 0.3) is 0 Å². The molecule has 0 atom stereocenters. The lowest BCUT2D eigenvalue weighted by Gasteiger charge is -2.22. The maximum absolute atomic E-state index is 12.8. The molecule has 0 aliphatic rings. The van der Waals surface area contributed by atoms with E-state index in [4.69, 9.17) is 0 Å². The summed E-state index contributed by atoms with van der Waals surface area (Å²) in [5, 5.41) is 3.01. The molecule has 0 spiro atoms. The lowest BCUT2D eigenvalue weighted by atomic mass is 10.4. The van der Waals surface area contributed by atoms with Gasteiger partial charge in [-0.1, -0.05) is 6.92 Å². The summed E-state index contributed by atoms with van der Waals surface area (Å²) in [6.45, 7) is 6.23. The van der Waals surface area contributed by atoms with E-state index < -0.39 is 10.0 Å². The Balaban J connectivity index is 2.96. The topological polar surface area (TPSA) is 65.5 Å². The predicted molar refractivity (Wildman–Crippen MR) is 86.0 cm³/mol. The van der Waals surface area contributed by atoms with E-state index in [-0.39, 0.29) is 4.90 Å². The Kier molecular flexibility index (Phi) is 7.07. The lowest BCUT2D eigenvalue weighted by molar-refractivity contribution is 0.356. The molecule has 0 unspecified atom stereocenters. The van der Waals surface area contributed by atoms with Gasteiger partial charge in [-0.3, -0.25) is 0 Å². The third-order valence-corrected chi connectivity index (χ3v) is 5.10. The van der Waals surface area contributed by atoms with Crippen molar-refractivity contribution < 1.29 is 8.42 Å². The molecule has 0 fully saturated rings. The molecule has 0 radical (unpaired) electrons. The zero-order valence-electron chi connectivity index (χ0n) is 13.3. The van der Waals surface area contributed by atoms with E-state index in [1.54, 1.807) is 18.3 Å². The van der Waals surface area contributed by atoms with Gasteiger partial charge in [0.2, 0.25) is 10.0 Å². The van der Waals surface area contributed by atoms with E-state index in [1.165, 1.54) is 4.31 Å². The summed E-state index contributed by atoms with van der Waals surface area (Å²) in [6.07, 6.45) is 2.40. The molecule has 1 aromatic rings. The van der Waals surface area contributed by atoms with Gasteiger partial charge in [-0.15, -0.1) is 0 Å². The number of hydrogen-bond donors (Lipinski definition) is 1. The molecule has 21 heavy (non-hydrogen) atoms. The molecular formula is C14H26N4O2S. The molecule has 6 nitrogen and oxygen atoms in total. The molecule has 0 bridgehead atoms. The van der Waals surface area contributed by atoms with Crippen LogP contribution < -0.4 is 5.32 Å². The number of hydrogen-bond acceptors (Lipinski definition) is 5. The number of nitrogens with zero attached hydrogens (tertiary/aromatic N) is 3. The minimum atomic E-state index is -3.51. The fourth-order valence-corrected chi connectivity index (χ4v) is 3.66.